The monoisotopic (exact) mass is 213 g/mol. The third kappa shape index (κ3) is 3.76. The molecule has 0 aromatic heterocycles. The zero-order chi connectivity index (χ0) is 11.6. The summed E-state index contributed by atoms with van der Waals surface area (Å²) in [5, 5.41) is 13.5. The Labute approximate surface area is 94.5 Å². The summed E-state index contributed by atoms with van der Waals surface area (Å²) in [5.74, 6) is 1.61. The average Bonchev–Trinajstić information content (AvgIpc) is 2.08. The molecular weight excluding hydrogens is 186 g/mol. The van der Waals surface area contributed by atoms with Gasteiger partial charge in [-0.3, -0.25) is 0 Å². The van der Waals surface area contributed by atoms with Crippen LogP contribution < -0.4 is 5.32 Å². The molecule has 2 heteroatoms. The van der Waals surface area contributed by atoms with E-state index in [9.17, 15) is 5.11 Å². The average molecular weight is 213 g/mol. The van der Waals surface area contributed by atoms with Crippen molar-refractivity contribution in [2.24, 2.45) is 11.8 Å². The van der Waals surface area contributed by atoms with Crippen molar-refractivity contribution in [2.45, 2.75) is 71.6 Å². The summed E-state index contributed by atoms with van der Waals surface area (Å²) in [7, 11) is 0. The number of hydrogen-bond donors (Lipinski definition) is 2. The molecule has 0 spiro atoms. The SMILES string of the molecule is CC1CCC(NC(C)C(C)(C)O)C(C)C1. The molecule has 1 saturated carbocycles. The van der Waals surface area contributed by atoms with Crippen LogP contribution in [0.4, 0.5) is 0 Å². The Morgan fingerprint density at radius 1 is 1.27 bits per heavy atom. The predicted octanol–water partition coefficient (Wildman–Crippen LogP) is 2.56. The van der Waals surface area contributed by atoms with E-state index in [0.29, 0.717) is 6.04 Å². The molecule has 0 radical (unpaired) electrons. The third-order valence-electron chi connectivity index (χ3n) is 3.96. The number of rotatable bonds is 3. The highest BCUT2D eigenvalue weighted by Gasteiger charge is 2.30. The molecular formula is C13H27NO. The molecule has 4 atom stereocenters. The van der Waals surface area contributed by atoms with Gasteiger partial charge in [0.15, 0.2) is 0 Å². The molecule has 2 nitrogen and oxygen atoms in total. The van der Waals surface area contributed by atoms with Gasteiger partial charge in [0, 0.05) is 12.1 Å². The van der Waals surface area contributed by atoms with Crippen LogP contribution in [-0.4, -0.2) is 22.8 Å². The van der Waals surface area contributed by atoms with E-state index in [0.717, 1.165) is 11.8 Å². The van der Waals surface area contributed by atoms with Crippen LogP contribution >= 0.6 is 0 Å². The highest BCUT2D eigenvalue weighted by molar-refractivity contribution is 4.87. The lowest BCUT2D eigenvalue weighted by Gasteiger charge is -2.38. The van der Waals surface area contributed by atoms with Gasteiger partial charge in [0.05, 0.1) is 5.60 Å². The van der Waals surface area contributed by atoms with Gasteiger partial charge in [0.25, 0.3) is 0 Å². The summed E-state index contributed by atoms with van der Waals surface area (Å²) in [4.78, 5) is 0. The van der Waals surface area contributed by atoms with Crippen LogP contribution in [0.2, 0.25) is 0 Å². The zero-order valence-corrected chi connectivity index (χ0v) is 10.9. The minimum atomic E-state index is -0.622. The lowest BCUT2D eigenvalue weighted by atomic mass is 9.79. The third-order valence-corrected chi connectivity index (χ3v) is 3.96. The highest BCUT2D eigenvalue weighted by atomic mass is 16.3. The fraction of sp³-hybridized carbons (Fsp3) is 1.00. The molecule has 90 valence electrons. The Hall–Kier alpha value is -0.0800. The Bertz CT molecular complexity index is 197. The van der Waals surface area contributed by atoms with Crippen molar-refractivity contribution in [1.82, 2.24) is 5.32 Å². The second-order valence-electron chi connectivity index (χ2n) is 6.04. The molecule has 0 saturated heterocycles. The lowest BCUT2D eigenvalue weighted by Crippen LogP contribution is -2.51. The van der Waals surface area contributed by atoms with Gasteiger partial charge >= 0.3 is 0 Å². The van der Waals surface area contributed by atoms with Crippen molar-refractivity contribution in [1.29, 1.82) is 0 Å². The maximum atomic E-state index is 9.89. The molecule has 0 aromatic rings. The highest BCUT2D eigenvalue weighted by Crippen LogP contribution is 2.29. The summed E-state index contributed by atoms with van der Waals surface area (Å²) < 4.78 is 0. The second-order valence-corrected chi connectivity index (χ2v) is 6.04. The molecule has 4 unspecified atom stereocenters. The summed E-state index contributed by atoms with van der Waals surface area (Å²) in [6.07, 6.45) is 3.89. The second kappa shape index (κ2) is 4.84. The molecule has 15 heavy (non-hydrogen) atoms. The maximum Gasteiger partial charge on any atom is 0.0741 e. The Morgan fingerprint density at radius 2 is 1.87 bits per heavy atom. The van der Waals surface area contributed by atoms with Crippen LogP contribution in [-0.2, 0) is 0 Å². The van der Waals surface area contributed by atoms with Crippen molar-refractivity contribution in [3.63, 3.8) is 0 Å². The largest absolute Gasteiger partial charge is 0.389 e. The van der Waals surface area contributed by atoms with Gasteiger partial charge < -0.3 is 10.4 Å². The van der Waals surface area contributed by atoms with Crippen molar-refractivity contribution < 1.29 is 5.11 Å². The van der Waals surface area contributed by atoms with Gasteiger partial charge in [0.2, 0.25) is 0 Å². The number of nitrogens with one attached hydrogen (secondary N) is 1. The van der Waals surface area contributed by atoms with E-state index in [-0.39, 0.29) is 6.04 Å². The van der Waals surface area contributed by atoms with E-state index < -0.39 is 5.60 Å². The van der Waals surface area contributed by atoms with Crippen molar-refractivity contribution in [2.75, 3.05) is 0 Å². The molecule has 1 fully saturated rings. The lowest BCUT2D eigenvalue weighted by molar-refractivity contribution is 0.0326. The molecule has 0 aliphatic heterocycles. The minimum absolute atomic E-state index is 0.165. The summed E-state index contributed by atoms with van der Waals surface area (Å²) in [6, 6.07) is 0.751. The topological polar surface area (TPSA) is 32.3 Å². The molecule has 0 aromatic carbocycles. The number of hydrogen-bond acceptors (Lipinski definition) is 2. The molecule has 1 aliphatic rings. The van der Waals surface area contributed by atoms with Crippen molar-refractivity contribution in [3.05, 3.63) is 0 Å². The standard InChI is InChI=1S/C13H27NO/c1-9-6-7-12(10(2)8-9)14-11(3)13(4,5)15/h9-12,14-15H,6-8H2,1-5H3. The van der Waals surface area contributed by atoms with Crippen LogP contribution in [0.1, 0.15) is 53.9 Å². The molecule has 0 bridgehead atoms. The smallest absolute Gasteiger partial charge is 0.0741 e. The van der Waals surface area contributed by atoms with Gasteiger partial charge in [-0.05, 0) is 51.9 Å². The minimum Gasteiger partial charge on any atom is -0.389 e. The van der Waals surface area contributed by atoms with Crippen LogP contribution in [0.25, 0.3) is 0 Å². The molecule has 0 amide bonds. The fourth-order valence-corrected chi connectivity index (χ4v) is 2.44. The van der Waals surface area contributed by atoms with Gasteiger partial charge in [-0.2, -0.15) is 0 Å². The van der Waals surface area contributed by atoms with Crippen LogP contribution in [0.15, 0.2) is 0 Å². The normalized spacial score (nSPS) is 35.2. The number of aliphatic hydroxyl groups is 1. The van der Waals surface area contributed by atoms with Gasteiger partial charge in [-0.1, -0.05) is 13.8 Å². The Morgan fingerprint density at radius 3 is 2.33 bits per heavy atom. The molecule has 1 rings (SSSR count). The van der Waals surface area contributed by atoms with E-state index in [4.69, 9.17) is 0 Å². The van der Waals surface area contributed by atoms with Crippen molar-refractivity contribution in [3.8, 4) is 0 Å². The van der Waals surface area contributed by atoms with E-state index in [2.05, 4.69) is 26.1 Å². The maximum absolute atomic E-state index is 9.89. The van der Waals surface area contributed by atoms with Crippen LogP contribution in [0.3, 0.4) is 0 Å². The summed E-state index contributed by atoms with van der Waals surface area (Å²) in [6.45, 7) is 10.5. The van der Waals surface area contributed by atoms with E-state index in [1.807, 2.05) is 13.8 Å². The Balaban J connectivity index is 2.45. The first-order valence-corrected chi connectivity index (χ1v) is 6.29. The van der Waals surface area contributed by atoms with Gasteiger partial charge in [0.1, 0.15) is 0 Å². The van der Waals surface area contributed by atoms with Crippen LogP contribution in [0, 0.1) is 11.8 Å². The van der Waals surface area contributed by atoms with Crippen LogP contribution in [0.5, 0.6) is 0 Å². The first kappa shape index (κ1) is 13.0. The summed E-state index contributed by atoms with van der Waals surface area (Å²) >= 11 is 0. The van der Waals surface area contributed by atoms with E-state index in [1.54, 1.807) is 0 Å². The Kier molecular flexibility index (Phi) is 4.19. The molecule has 0 heterocycles. The van der Waals surface area contributed by atoms with Crippen molar-refractivity contribution >= 4 is 0 Å². The first-order valence-electron chi connectivity index (χ1n) is 6.29. The fourth-order valence-electron chi connectivity index (χ4n) is 2.44. The van der Waals surface area contributed by atoms with E-state index in [1.165, 1.54) is 19.3 Å². The molecule has 1 aliphatic carbocycles. The quantitative estimate of drug-likeness (QED) is 0.755. The molecule has 2 N–H and O–H groups in total. The van der Waals surface area contributed by atoms with Gasteiger partial charge in [-0.25, -0.2) is 0 Å². The zero-order valence-electron chi connectivity index (χ0n) is 10.9. The first-order chi connectivity index (χ1) is 6.80. The predicted molar refractivity (Wildman–Crippen MR) is 64.9 cm³/mol. The van der Waals surface area contributed by atoms with Gasteiger partial charge in [-0.15, -0.1) is 0 Å². The van der Waals surface area contributed by atoms with E-state index >= 15 is 0 Å². The summed E-state index contributed by atoms with van der Waals surface area (Å²) in [5.41, 5.74) is -0.622.